The van der Waals surface area contributed by atoms with Gasteiger partial charge in [-0.15, -0.1) is 0 Å². The Labute approximate surface area is 95.0 Å². The van der Waals surface area contributed by atoms with E-state index in [4.69, 9.17) is 0 Å². The summed E-state index contributed by atoms with van der Waals surface area (Å²) in [6, 6.07) is 8.24. The van der Waals surface area contributed by atoms with Gasteiger partial charge in [0.25, 0.3) is 0 Å². The molecule has 0 aliphatic carbocycles. The van der Waals surface area contributed by atoms with Gasteiger partial charge >= 0.3 is 0 Å². The average molecular weight is 217 g/mol. The summed E-state index contributed by atoms with van der Waals surface area (Å²) in [6.45, 7) is 0.944. The lowest BCUT2D eigenvalue weighted by atomic mass is 10.1. The fourth-order valence-electron chi connectivity index (χ4n) is 1.46. The number of nitrogens with zero attached hydrogens (tertiary/aromatic N) is 2. The van der Waals surface area contributed by atoms with Crippen LogP contribution in [0.3, 0.4) is 0 Å². The van der Waals surface area contributed by atoms with E-state index in [0.717, 1.165) is 12.3 Å². The van der Waals surface area contributed by atoms with Gasteiger partial charge in [0.1, 0.15) is 0 Å². The molecule has 0 spiro atoms. The van der Waals surface area contributed by atoms with E-state index >= 15 is 0 Å². The maximum absolute atomic E-state index is 4.20. The van der Waals surface area contributed by atoms with Gasteiger partial charge in [0.2, 0.25) is 0 Å². The van der Waals surface area contributed by atoms with Gasteiger partial charge in [-0.25, -0.2) is 4.57 Å². The molecule has 76 valence electrons. The van der Waals surface area contributed by atoms with Gasteiger partial charge in [-0.3, -0.25) is 4.98 Å². The predicted molar refractivity (Wildman–Crippen MR) is 63.7 cm³/mol. The summed E-state index contributed by atoms with van der Waals surface area (Å²) in [4.78, 5) is 4.00. The Morgan fingerprint density at radius 1 is 1.00 bits per heavy atom. The number of hydrogen-bond donors (Lipinski definition) is 1. The maximum atomic E-state index is 4.20. The molecule has 2 aromatic rings. The second-order valence-corrected chi connectivity index (χ2v) is 3.73. The third kappa shape index (κ3) is 2.57. The smallest absolute Gasteiger partial charge is 0.169 e. The number of rotatable bonds is 3. The molecule has 0 unspecified atom stereocenters. The van der Waals surface area contributed by atoms with Crippen molar-refractivity contribution in [2.75, 3.05) is 5.75 Å². The predicted octanol–water partition coefficient (Wildman–Crippen LogP) is 1.97. The molecule has 3 heteroatoms. The molecule has 2 aromatic heterocycles. The van der Waals surface area contributed by atoms with Crippen LogP contribution < -0.4 is 4.57 Å². The lowest BCUT2D eigenvalue weighted by Gasteiger charge is -1.99. The van der Waals surface area contributed by atoms with Crippen molar-refractivity contribution in [3.8, 4) is 11.1 Å². The van der Waals surface area contributed by atoms with Gasteiger partial charge in [-0.05, 0) is 23.3 Å². The van der Waals surface area contributed by atoms with Gasteiger partial charge in [-0.1, -0.05) is 0 Å². The second-order valence-electron chi connectivity index (χ2n) is 3.28. The molecular formula is C12H13N2S+. The highest BCUT2D eigenvalue weighted by Crippen LogP contribution is 2.15. The van der Waals surface area contributed by atoms with E-state index in [2.05, 4.69) is 46.7 Å². The van der Waals surface area contributed by atoms with Crippen LogP contribution in [0.1, 0.15) is 0 Å². The largest absolute Gasteiger partial charge is 0.265 e. The molecule has 0 bridgehead atoms. The highest BCUT2D eigenvalue weighted by molar-refractivity contribution is 7.80. The van der Waals surface area contributed by atoms with Gasteiger partial charge < -0.3 is 0 Å². The minimum Gasteiger partial charge on any atom is -0.265 e. The zero-order valence-electron chi connectivity index (χ0n) is 8.37. The van der Waals surface area contributed by atoms with Gasteiger partial charge in [0.05, 0.1) is 0 Å². The highest BCUT2D eigenvalue weighted by Gasteiger charge is 2.00. The molecule has 2 nitrogen and oxygen atoms in total. The van der Waals surface area contributed by atoms with Crippen molar-refractivity contribution in [3.05, 3.63) is 49.1 Å². The number of aromatic nitrogens is 2. The van der Waals surface area contributed by atoms with Crippen molar-refractivity contribution in [2.24, 2.45) is 0 Å². The minimum atomic E-state index is 0.860. The lowest BCUT2D eigenvalue weighted by Crippen LogP contribution is -2.33. The molecule has 0 aliphatic heterocycles. The Hall–Kier alpha value is -1.35. The molecule has 2 rings (SSSR count). The topological polar surface area (TPSA) is 16.8 Å². The first-order chi connectivity index (χ1) is 7.40. The summed E-state index contributed by atoms with van der Waals surface area (Å²) < 4.78 is 2.12. The van der Waals surface area contributed by atoms with E-state index in [1.54, 1.807) is 0 Å². The van der Waals surface area contributed by atoms with Crippen LogP contribution in [-0.2, 0) is 6.54 Å². The summed E-state index contributed by atoms with van der Waals surface area (Å²) in [6.07, 6.45) is 7.77. The maximum Gasteiger partial charge on any atom is 0.169 e. The molecule has 0 aliphatic rings. The minimum absolute atomic E-state index is 0.860. The molecule has 0 amide bonds. The summed E-state index contributed by atoms with van der Waals surface area (Å²) in [5.41, 5.74) is 2.41. The number of aryl methyl sites for hydroxylation is 1. The van der Waals surface area contributed by atoms with E-state index in [0.29, 0.717) is 0 Å². The standard InChI is InChI=1S/C12H12N2S/c15-10-9-14-7-3-12(4-8-14)11-1-5-13-6-2-11/h1-8H,9-10H2/p+1. The molecule has 0 saturated carbocycles. The quantitative estimate of drug-likeness (QED) is 0.614. The first-order valence-electron chi connectivity index (χ1n) is 4.90. The number of hydrogen-bond acceptors (Lipinski definition) is 2. The summed E-state index contributed by atoms with van der Waals surface area (Å²) in [5, 5.41) is 0. The Balaban J connectivity index is 2.24. The van der Waals surface area contributed by atoms with Crippen LogP contribution in [0.5, 0.6) is 0 Å². The molecule has 0 radical (unpaired) electrons. The van der Waals surface area contributed by atoms with Crippen molar-refractivity contribution in [2.45, 2.75) is 6.54 Å². The van der Waals surface area contributed by atoms with Crippen molar-refractivity contribution >= 4 is 12.6 Å². The van der Waals surface area contributed by atoms with Crippen LogP contribution in [0.2, 0.25) is 0 Å². The van der Waals surface area contributed by atoms with Gasteiger partial charge in [0, 0.05) is 30.3 Å². The number of thiol groups is 1. The zero-order chi connectivity index (χ0) is 10.5. The Kier molecular flexibility index (Phi) is 3.35. The molecule has 0 fully saturated rings. The van der Waals surface area contributed by atoms with Crippen molar-refractivity contribution in [1.29, 1.82) is 0 Å². The van der Waals surface area contributed by atoms with E-state index in [1.165, 1.54) is 11.1 Å². The Bertz CT molecular complexity index is 411. The molecule has 0 aromatic carbocycles. The SMILES string of the molecule is SCC[n+]1ccc(-c2ccncc2)cc1. The molecular weight excluding hydrogens is 204 g/mol. The molecule has 2 heterocycles. The van der Waals surface area contributed by atoms with E-state index in [1.807, 2.05) is 24.5 Å². The third-order valence-electron chi connectivity index (χ3n) is 2.26. The normalized spacial score (nSPS) is 10.2. The molecule has 0 saturated heterocycles. The van der Waals surface area contributed by atoms with Crippen LogP contribution in [0, 0.1) is 0 Å². The summed E-state index contributed by atoms with van der Waals surface area (Å²) in [7, 11) is 0. The molecule has 0 N–H and O–H groups in total. The van der Waals surface area contributed by atoms with Gasteiger partial charge in [-0.2, -0.15) is 12.6 Å². The number of pyridine rings is 2. The fraction of sp³-hybridized carbons (Fsp3) is 0.167. The van der Waals surface area contributed by atoms with E-state index < -0.39 is 0 Å². The summed E-state index contributed by atoms with van der Waals surface area (Å²) in [5.74, 6) is 0.860. The van der Waals surface area contributed by atoms with Crippen LogP contribution in [-0.4, -0.2) is 10.7 Å². The van der Waals surface area contributed by atoms with E-state index in [-0.39, 0.29) is 0 Å². The van der Waals surface area contributed by atoms with Crippen LogP contribution >= 0.6 is 12.6 Å². The monoisotopic (exact) mass is 217 g/mol. The van der Waals surface area contributed by atoms with Gasteiger partial charge in [0.15, 0.2) is 18.9 Å². The average Bonchev–Trinajstić information content (AvgIpc) is 2.32. The Morgan fingerprint density at radius 3 is 2.20 bits per heavy atom. The van der Waals surface area contributed by atoms with Crippen molar-refractivity contribution in [1.82, 2.24) is 4.98 Å². The molecule has 15 heavy (non-hydrogen) atoms. The first kappa shape index (κ1) is 10.2. The lowest BCUT2D eigenvalue weighted by molar-refractivity contribution is -0.692. The van der Waals surface area contributed by atoms with Crippen molar-refractivity contribution in [3.63, 3.8) is 0 Å². The third-order valence-corrected chi connectivity index (χ3v) is 2.46. The second kappa shape index (κ2) is 4.94. The first-order valence-corrected chi connectivity index (χ1v) is 5.54. The summed E-state index contributed by atoms with van der Waals surface area (Å²) >= 11 is 4.20. The van der Waals surface area contributed by atoms with Crippen LogP contribution in [0.25, 0.3) is 11.1 Å². The van der Waals surface area contributed by atoms with E-state index in [9.17, 15) is 0 Å². The Morgan fingerprint density at radius 2 is 1.60 bits per heavy atom. The fourth-order valence-corrected chi connectivity index (χ4v) is 1.69. The van der Waals surface area contributed by atoms with Crippen LogP contribution in [0.15, 0.2) is 49.1 Å². The van der Waals surface area contributed by atoms with Crippen molar-refractivity contribution < 1.29 is 4.57 Å². The van der Waals surface area contributed by atoms with Crippen LogP contribution in [0.4, 0.5) is 0 Å². The molecule has 0 atom stereocenters. The zero-order valence-corrected chi connectivity index (χ0v) is 9.27. The highest BCUT2D eigenvalue weighted by atomic mass is 32.1.